The predicted octanol–water partition coefficient (Wildman–Crippen LogP) is 1.26. The summed E-state index contributed by atoms with van der Waals surface area (Å²) < 4.78 is 50.2. The van der Waals surface area contributed by atoms with E-state index >= 15 is 0 Å². The fourth-order valence-corrected chi connectivity index (χ4v) is 5.97. The van der Waals surface area contributed by atoms with Crippen molar-refractivity contribution in [1.82, 2.24) is 10.0 Å². The molecule has 1 aliphatic heterocycles. The van der Waals surface area contributed by atoms with Gasteiger partial charge in [-0.3, -0.25) is 0 Å². The van der Waals surface area contributed by atoms with E-state index in [1.165, 1.54) is 0 Å². The van der Waals surface area contributed by atoms with Gasteiger partial charge in [0, 0.05) is 18.6 Å². The normalized spacial score (nSPS) is 23.7. The molecule has 0 amide bonds. The number of nitrogens with one attached hydrogen (secondary N) is 2. The molecular weight excluding hydrogens is 348 g/mol. The highest BCUT2D eigenvalue weighted by atomic mass is 32.2. The van der Waals surface area contributed by atoms with E-state index in [4.69, 9.17) is 0 Å². The van der Waals surface area contributed by atoms with Crippen LogP contribution in [-0.4, -0.2) is 47.0 Å². The van der Waals surface area contributed by atoms with Crippen molar-refractivity contribution in [3.8, 4) is 0 Å². The Labute approximate surface area is 145 Å². The van der Waals surface area contributed by atoms with Crippen molar-refractivity contribution < 1.29 is 16.8 Å². The van der Waals surface area contributed by atoms with Crippen molar-refractivity contribution in [2.45, 2.75) is 43.5 Å². The van der Waals surface area contributed by atoms with Gasteiger partial charge in [0.15, 0.2) is 9.84 Å². The van der Waals surface area contributed by atoms with Gasteiger partial charge in [-0.25, -0.2) is 21.6 Å². The summed E-state index contributed by atoms with van der Waals surface area (Å²) in [5, 5.41) is 3.16. The predicted molar refractivity (Wildman–Crippen MR) is 95.4 cm³/mol. The summed E-state index contributed by atoms with van der Waals surface area (Å²) in [6.45, 7) is 6.56. The number of sulfonamides is 1. The van der Waals surface area contributed by atoms with E-state index in [1.54, 1.807) is 12.1 Å². The van der Waals surface area contributed by atoms with Gasteiger partial charge in [0.05, 0.1) is 16.4 Å². The van der Waals surface area contributed by atoms with Crippen LogP contribution in [0, 0.1) is 0 Å². The Morgan fingerprint density at radius 1 is 1.17 bits per heavy atom. The monoisotopic (exact) mass is 374 g/mol. The Balaban J connectivity index is 1.87. The van der Waals surface area contributed by atoms with Crippen molar-refractivity contribution in [2.75, 3.05) is 24.6 Å². The van der Waals surface area contributed by atoms with Crippen molar-refractivity contribution in [3.05, 3.63) is 29.8 Å². The maximum absolute atomic E-state index is 12.3. The molecule has 0 aromatic heterocycles. The molecule has 2 N–H and O–H groups in total. The summed E-state index contributed by atoms with van der Waals surface area (Å²) in [6.07, 6.45) is 0.554. The van der Waals surface area contributed by atoms with E-state index in [-0.39, 0.29) is 22.9 Å². The fourth-order valence-electron chi connectivity index (χ4n) is 2.81. The van der Waals surface area contributed by atoms with E-state index < -0.39 is 25.4 Å². The van der Waals surface area contributed by atoms with Gasteiger partial charge in [-0.15, -0.1) is 0 Å². The molecule has 1 saturated heterocycles. The van der Waals surface area contributed by atoms with E-state index in [0.717, 1.165) is 5.56 Å². The summed E-state index contributed by atoms with van der Waals surface area (Å²) >= 11 is 0. The zero-order valence-electron chi connectivity index (χ0n) is 14.4. The smallest absolute Gasteiger partial charge is 0.240 e. The minimum absolute atomic E-state index is 0.101. The minimum atomic E-state index is -3.55. The standard InChI is InChI=1S/C16H26N2O4S2/c1-13(2)14-4-6-15(7-5-14)24(21,22)18-10-9-17-16(3)8-11-23(19,20)12-16/h4-7,13,17-18H,8-12H2,1-3H3/t16-/m1/s1. The van der Waals surface area contributed by atoms with Crippen molar-refractivity contribution >= 4 is 19.9 Å². The van der Waals surface area contributed by atoms with Gasteiger partial charge >= 0.3 is 0 Å². The molecule has 1 fully saturated rings. The van der Waals surface area contributed by atoms with Gasteiger partial charge < -0.3 is 5.32 Å². The maximum atomic E-state index is 12.3. The zero-order chi connectivity index (χ0) is 18.0. The minimum Gasteiger partial charge on any atom is -0.309 e. The highest BCUT2D eigenvalue weighted by molar-refractivity contribution is 7.91. The van der Waals surface area contributed by atoms with Crippen LogP contribution in [0.2, 0.25) is 0 Å². The van der Waals surface area contributed by atoms with Crippen LogP contribution < -0.4 is 10.0 Å². The van der Waals surface area contributed by atoms with Crippen LogP contribution in [-0.2, 0) is 19.9 Å². The number of hydrogen-bond acceptors (Lipinski definition) is 5. The molecule has 1 atom stereocenters. The molecule has 1 aromatic rings. The Bertz CT molecular complexity index is 771. The van der Waals surface area contributed by atoms with Crippen LogP contribution in [0.15, 0.2) is 29.2 Å². The highest BCUT2D eigenvalue weighted by Gasteiger charge is 2.37. The molecular formula is C16H26N2O4S2. The fraction of sp³-hybridized carbons (Fsp3) is 0.625. The van der Waals surface area contributed by atoms with Gasteiger partial charge in [-0.1, -0.05) is 26.0 Å². The second kappa shape index (κ2) is 7.11. The van der Waals surface area contributed by atoms with Crippen molar-refractivity contribution in [1.29, 1.82) is 0 Å². The van der Waals surface area contributed by atoms with Gasteiger partial charge in [-0.2, -0.15) is 0 Å². The number of benzene rings is 1. The van der Waals surface area contributed by atoms with Gasteiger partial charge in [0.1, 0.15) is 0 Å². The summed E-state index contributed by atoms with van der Waals surface area (Å²) in [7, 11) is -6.52. The van der Waals surface area contributed by atoms with E-state index in [9.17, 15) is 16.8 Å². The quantitative estimate of drug-likeness (QED) is 0.701. The molecule has 24 heavy (non-hydrogen) atoms. The first-order chi connectivity index (χ1) is 11.0. The summed E-state index contributed by atoms with van der Waals surface area (Å²) in [5.74, 6) is 0.635. The lowest BCUT2D eigenvalue weighted by Crippen LogP contribution is -2.46. The Morgan fingerprint density at radius 2 is 1.79 bits per heavy atom. The number of hydrogen-bond donors (Lipinski definition) is 2. The first kappa shape index (κ1) is 19.4. The van der Waals surface area contributed by atoms with Gasteiger partial charge in [0.2, 0.25) is 10.0 Å². The molecule has 0 unspecified atom stereocenters. The molecule has 6 nitrogen and oxygen atoms in total. The lowest BCUT2D eigenvalue weighted by molar-refractivity contribution is 0.400. The molecule has 0 bridgehead atoms. The van der Waals surface area contributed by atoms with E-state index in [1.807, 2.05) is 19.1 Å². The number of sulfone groups is 1. The Kier molecular flexibility index (Phi) is 5.74. The second-order valence-corrected chi connectivity index (χ2v) is 10.9. The number of rotatable bonds is 7. The van der Waals surface area contributed by atoms with Crippen molar-refractivity contribution in [2.24, 2.45) is 0 Å². The van der Waals surface area contributed by atoms with Crippen LogP contribution in [0.5, 0.6) is 0 Å². The van der Waals surface area contributed by atoms with Crippen LogP contribution in [0.4, 0.5) is 0 Å². The third-order valence-corrected chi connectivity index (χ3v) is 7.71. The average molecular weight is 375 g/mol. The first-order valence-corrected chi connectivity index (χ1v) is 11.4. The largest absolute Gasteiger partial charge is 0.309 e. The lowest BCUT2D eigenvalue weighted by atomic mass is 10.0. The van der Waals surface area contributed by atoms with Gasteiger partial charge in [-0.05, 0) is 37.0 Å². The van der Waals surface area contributed by atoms with Crippen LogP contribution in [0.1, 0.15) is 38.7 Å². The lowest BCUT2D eigenvalue weighted by Gasteiger charge is -2.24. The van der Waals surface area contributed by atoms with E-state index in [2.05, 4.69) is 23.9 Å². The topological polar surface area (TPSA) is 92.3 Å². The van der Waals surface area contributed by atoms with E-state index in [0.29, 0.717) is 18.9 Å². The molecule has 0 spiro atoms. The first-order valence-electron chi connectivity index (χ1n) is 8.08. The Morgan fingerprint density at radius 3 is 2.29 bits per heavy atom. The van der Waals surface area contributed by atoms with Crippen molar-refractivity contribution in [3.63, 3.8) is 0 Å². The molecule has 136 valence electrons. The molecule has 2 rings (SSSR count). The summed E-state index contributed by atoms with van der Waals surface area (Å²) in [4.78, 5) is 0.238. The molecule has 1 aliphatic rings. The third-order valence-electron chi connectivity index (χ3n) is 4.33. The summed E-state index contributed by atoms with van der Waals surface area (Å²) in [6, 6.07) is 6.86. The molecule has 0 saturated carbocycles. The molecule has 1 heterocycles. The van der Waals surface area contributed by atoms with Crippen LogP contribution in [0.3, 0.4) is 0 Å². The average Bonchev–Trinajstić information content (AvgIpc) is 2.78. The third kappa shape index (κ3) is 5.02. The highest BCUT2D eigenvalue weighted by Crippen LogP contribution is 2.22. The molecule has 0 radical (unpaired) electrons. The molecule has 8 heteroatoms. The van der Waals surface area contributed by atoms with Crippen LogP contribution >= 0.6 is 0 Å². The zero-order valence-corrected chi connectivity index (χ0v) is 16.0. The Hall–Kier alpha value is -0.960. The molecule has 1 aromatic carbocycles. The second-order valence-electron chi connectivity index (χ2n) is 6.95. The summed E-state index contributed by atoms with van der Waals surface area (Å²) in [5.41, 5.74) is 0.620. The SMILES string of the molecule is CC(C)c1ccc(S(=O)(=O)NCCN[C@]2(C)CCS(=O)(=O)C2)cc1. The molecule has 0 aliphatic carbocycles. The van der Waals surface area contributed by atoms with Gasteiger partial charge in [0.25, 0.3) is 0 Å². The maximum Gasteiger partial charge on any atom is 0.240 e. The van der Waals surface area contributed by atoms with Crippen LogP contribution in [0.25, 0.3) is 0 Å².